The molecule has 0 fully saturated rings. The molecule has 2 heterocycles. The van der Waals surface area contributed by atoms with E-state index in [1.165, 1.54) is 23.0 Å². The fourth-order valence-electron chi connectivity index (χ4n) is 1.27. The number of nitrogens with zero attached hydrogens (tertiary/aromatic N) is 3. The van der Waals surface area contributed by atoms with Gasteiger partial charge in [0.25, 0.3) is 0 Å². The van der Waals surface area contributed by atoms with Gasteiger partial charge in [0.2, 0.25) is 0 Å². The minimum absolute atomic E-state index is 0.112. The topological polar surface area (TPSA) is 114 Å². The lowest BCUT2D eigenvalue weighted by molar-refractivity contribution is -0.385. The number of rotatable bonds is 4. The van der Waals surface area contributed by atoms with E-state index in [1.807, 2.05) is 0 Å². The number of aromatic carboxylic acids is 1. The molecule has 0 bridgehead atoms. The molecule has 0 saturated heterocycles. The van der Waals surface area contributed by atoms with Crippen LogP contribution in [0.5, 0.6) is 0 Å². The lowest BCUT2D eigenvalue weighted by Gasteiger charge is -1.97. The highest BCUT2D eigenvalue weighted by atomic mass is 16.6. The van der Waals surface area contributed by atoms with E-state index in [2.05, 4.69) is 5.10 Å². The summed E-state index contributed by atoms with van der Waals surface area (Å²) in [4.78, 5) is 20.3. The second kappa shape index (κ2) is 4.08. The van der Waals surface area contributed by atoms with Crippen LogP contribution in [-0.4, -0.2) is 20.7 Å². The van der Waals surface area contributed by atoms with Gasteiger partial charge in [-0.05, 0) is 12.1 Å². The molecule has 2 rings (SSSR count). The highest BCUT2D eigenvalue weighted by molar-refractivity contribution is 5.82. The minimum Gasteiger partial charge on any atom is -0.542 e. The number of aromatic nitrogens is 2. The van der Waals surface area contributed by atoms with Crippen LogP contribution in [0.4, 0.5) is 5.69 Å². The fourth-order valence-corrected chi connectivity index (χ4v) is 1.27. The first-order valence-corrected chi connectivity index (χ1v) is 4.53. The molecule has 0 aromatic carbocycles. The standard InChI is InChI=1S/C9H7N3O5/c13-9(14)8-2-1-7(17-8)5-11-4-6(3-10-11)12(15)16/h1-4H,5H2,(H,13,14)/p-1. The molecule has 0 radical (unpaired) electrons. The average molecular weight is 236 g/mol. The molecule has 0 aliphatic carbocycles. The Morgan fingerprint density at radius 1 is 1.53 bits per heavy atom. The van der Waals surface area contributed by atoms with Gasteiger partial charge in [-0.15, -0.1) is 0 Å². The fraction of sp³-hybridized carbons (Fsp3) is 0.111. The molecule has 0 spiro atoms. The monoisotopic (exact) mass is 236 g/mol. The summed E-state index contributed by atoms with van der Waals surface area (Å²) in [6.07, 6.45) is 2.32. The van der Waals surface area contributed by atoms with Gasteiger partial charge in [-0.3, -0.25) is 14.8 Å². The van der Waals surface area contributed by atoms with Gasteiger partial charge in [-0.25, -0.2) is 0 Å². The molecule has 0 saturated carbocycles. The van der Waals surface area contributed by atoms with Crippen LogP contribution in [0.2, 0.25) is 0 Å². The maximum absolute atomic E-state index is 10.4. The number of furan rings is 1. The zero-order valence-corrected chi connectivity index (χ0v) is 8.40. The highest BCUT2D eigenvalue weighted by Crippen LogP contribution is 2.12. The van der Waals surface area contributed by atoms with Crippen LogP contribution in [-0.2, 0) is 6.54 Å². The van der Waals surface area contributed by atoms with E-state index < -0.39 is 10.9 Å². The van der Waals surface area contributed by atoms with Gasteiger partial charge in [0.05, 0.1) is 11.5 Å². The van der Waals surface area contributed by atoms with E-state index in [0.29, 0.717) is 5.76 Å². The van der Waals surface area contributed by atoms with E-state index in [4.69, 9.17) is 4.42 Å². The van der Waals surface area contributed by atoms with Crippen molar-refractivity contribution in [1.82, 2.24) is 9.78 Å². The first kappa shape index (κ1) is 10.9. The third kappa shape index (κ3) is 2.30. The highest BCUT2D eigenvalue weighted by Gasteiger charge is 2.10. The summed E-state index contributed by atoms with van der Waals surface area (Å²) in [5.41, 5.74) is -0.142. The van der Waals surface area contributed by atoms with Crippen LogP contribution in [0.25, 0.3) is 0 Å². The van der Waals surface area contributed by atoms with Crippen LogP contribution in [0.3, 0.4) is 0 Å². The van der Waals surface area contributed by atoms with Crippen molar-refractivity contribution in [2.24, 2.45) is 0 Å². The number of carbonyl (C=O) groups is 1. The van der Waals surface area contributed by atoms with E-state index in [0.717, 1.165) is 6.20 Å². The molecular formula is C9H6N3O5-. The van der Waals surface area contributed by atoms with Gasteiger partial charge in [0, 0.05) is 0 Å². The van der Waals surface area contributed by atoms with Gasteiger partial charge in [0.15, 0.2) is 0 Å². The van der Waals surface area contributed by atoms with E-state index >= 15 is 0 Å². The molecule has 8 heteroatoms. The smallest absolute Gasteiger partial charge is 0.307 e. The summed E-state index contributed by atoms with van der Waals surface area (Å²) in [7, 11) is 0. The van der Waals surface area contributed by atoms with Crippen LogP contribution >= 0.6 is 0 Å². The molecule has 0 N–H and O–H groups in total. The predicted octanol–water partition coefficient (Wildman–Crippen LogP) is -0.204. The van der Waals surface area contributed by atoms with Gasteiger partial charge in [-0.1, -0.05) is 0 Å². The summed E-state index contributed by atoms with van der Waals surface area (Å²) in [5.74, 6) is -1.38. The Labute approximate surface area is 94.2 Å². The number of hydrogen-bond donors (Lipinski definition) is 0. The van der Waals surface area contributed by atoms with Gasteiger partial charge in [0.1, 0.15) is 29.9 Å². The molecule has 2 aromatic rings. The Hall–Kier alpha value is -2.64. The largest absolute Gasteiger partial charge is 0.542 e. The molecule has 0 amide bonds. The lowest BCUT2D eigenvalue weighted by Crippen LogP contribution is -2.21. The van der Waals surface area contributed by atoms with Gasteiger partial charge < -0.3 is 14.3 Å². The second-order valence-corrected chi connectivity index (χ2v) is 3.21. The normalized spacial score (nSPS) is 10.4. The molecule has 8 nitrogen and oxygen atoms in total. The third-order valence-corrected chi connectivity index (χ3v) is 2.01. The summed E-state index contributed by atoms with van der Waals surface area (Å²) >= 11 is 0. The number of hydrogen-bond acceptors (Lipinski definition) is 6. The van der Waals surface area contributed by atoms with E-state index in [9.17, 15) is 20.0 Å². The zero-order valence-electron chi connectivity index (χ0n) is 8.40. The quantitative estimate of drug-likeness (QED) is 0.536. The first-order chi connectivity index (χ1) is 8.06. The average Bonchev–Trinajstić information content (AvgIpc) is 2.87. The summed E-state index contributed by atoms with van der Waals surface area (Å²) in [6, 6.07) is 2.70. The van der Waals surface area contributed by atoms with Crippen LogP contribution < -0.4 is 5.11 Å². The maximum Gasteiger partial charge on any atom is 0.307 e. The molecular weight excluding hydrogens is 230 g/mol. The van der Waals surface area contributed by atoms with Crippen molar-refractivity contribution in [1.29, 1.82) is 0 Å². The van der Waals surface area contributed by atoms with Crippen molar-refractivity contribution in [2.45, 2.75) is 6.54 Å². The van der Waals surface area contributed by atoms with Crippen molar-refractivity contribution in [3.63, 3.8) is 0 Å². The van der Waals surface area contributed by atoms with Crippen molar-refractivity contribution in [3.8, 4) is 0 Å². The second-order valence-electron chi connectivity index (χ2n) is 3.21. The van der Waals surface area contributed by atoms with Crippen molar-refractivity contribution in [2.75, 3.05) is 0 Å². The van der Waals surface area contributed by atoms with E-state index in [1.54, 1.807) is 0 Å². The molecule has 17 heavy (non-hydrogen) atoms. The summed E-state index contributed by atoms with van der Waals surface area (Å²) in [5, 5.41) is 24.6. The molecule has 0 aliphatic rings. The van der Waals surface area contributed by atoms with Crippen LogP contribution in [0.1, 0.15) is 16.3 Å². The first-order valence-electron chi connectivity index (χ1n) is 4.53. The molecule has 0 unspecified atom stereocenters. The Kier molecular flexibility index (Phi) is 2.61. The SMILES string of the molecule is O=C([O-])c1ccc(Cn2cc([N+](=O)[O-])cn2)o1. The van der Waals surface area contributed by atoms with Gasteiger partial charge in [-0.2, -0.15) is 5.10 Å². The summed E-state index contributed by atoms with van der Waals surface area (Å²) < 4.78 is 6.20. The predicted molar refractivity (Wildman–Crippen MR) is 51.0 cm³/mol. The van der Waals surface area contributed by atoms with Crippen LogP contribution in [0, 0.1) is 10.1 Å². The van der Waals surface area contributed by atoms with Crippen LogP contribution in [0.15, 0.2) is 28.9 Å². The number of nitro groups is 1. The number of carboxylic acid groups (broad SMARTS) is 1. The maximum atomic E-state index is 10.4. The van der Waals surface area contributed by atoms with Crippen molar-refractivity contribution < 1.29 is 19.2 Å². The Morgan fingerprint density at radius 3 is 2.82 bits per heavy atom. The van der Waals surface area contributed by atoms with Crippen molar-refractivity contribution in [3.05, 3.63) is 46.2 Å². The van der Waals surface area contributed by atoms with E-state index in [-0.39, 0.29) is 18.0 Å². The Morgan fingerprint density at radius 2 is 2.29 bits per heavy atom. The Bertz CT molecular complexity index is 520. The molecule has 0 aliphatic heterocycles. The Balaban J connectivity index is 2.13. The molecule has 88 valence electrons. The number of carboxylic acids is 1. The zero-order chi connectivity index (χ0) is 12.4. The third-order valence-electron chi connectivity index (χ3n) is 2.01. The lowest BCUT2D eigenvalue weighted by atomic mass is 10.4. The minimum atomic E-state index is -1.41. The molecule has 0 atom stereocenters. The van der Waals surface area contributed by atoms with Crippen molar-refractivity contribution >= 4 is 11.7 Å². The summed E-state index contributed by atoms with van der Waals surface area (Å²) in [6.45, 7) is 0.112. The van der Waals surface area contributed by atoms with Gasteiger partial charge >= 0.3 is 5.69 Å². The molecule has 2 aromatic heterocycles. The number of carbonyl (C=O) groups excluding carboxylic acids is 1.